The van der Waals surface area contributed by atoms with E-state index in [2.05, 4.69) is 15.2 Å². The fraction of sp³-hybridized carbons (Fsp3) is 0.688. The summed E-state index contributed by atoms with van der Waals surface area (Å²) in [4.78, 5) is 6.88. The van der Waals surface area contributed by atoms with Crippen LogP contribution in [0.25, 0.3) is 0 Å². The molecule has 110 valence electrons. The zero-order valence-corrected chi connectivity index (χ0v) is 12.2. The lowest BCUT2D eigenvalue weighted by Crippen LogP contribution is -2.47. The third-order valence-electron chi connectivity index (χ3n) is 4.79. The summed E-state index contributed by atoms with van der Waals surface area (Å²) in [5, 5.41) is 3.13. The summed E-state index contributed by atoms with van der Waals surface area (Å²) in [7, 11) is 1.90. The van der Waals surface area contributed by atoms with Gasteiger partial charge in [0.05, 0.1) is 6.20 Å². The SMILES string of the molecule is CNCc1cc(F)cnc1N1CCCC2CCCCC21. The van der Waals surface area contributed by atoms with Crippen molar-refractivity contribution in [1.82, 2.24) is 10.3 Å². The Balaban J connectivity index is 1.90. The van der Waals surface area contributed by atoms with Crippen LogP contribution in [-0.2, 0) is 6.54 Å². The van der Waals surface area contributed by atoms with E-state index in [0.717, 1.165) is 23.8 Å². The van der Waals surface area contributed by atoms with Crippen LogP contribution in [0.3, 0.4) is 0 Å². The highest BCUT2D eigenvalue weighted by Crippen LogP contribution is 2.38. The molecule has 1 saturated carbocycles. The van der Waals surface area contributed by atoms with Crippen LogP contribution in [0.15, 0.2) is 12.3 Å². The molecule has 0 amide bonds. The van der Waals surface area contributed by atoms with E-state index in [-0.39, 0.29) is 5.82 Å². The molecule has 2 fully saturated rings. The van der Waals surface area contributed by atoms with Crippen molar-refractivity contribution in [3.63, 3.8) is 0 Å². The number of pyridine rings is 1. The molecule has 1 aromatic rings. The molecule has 3 rings (SSSR count). The van der Waals surface area contributed by atoms with E-state index in [9.17, 15) is 4.39 Å². The summed E-state index contributed by atoms with van der Waals surface area (Å²) in [6.45, 7) is 1.74. The normalized spacial score (nSPS) is 26.4. The Labute approximate surface area is 120 Å². The zero-order chi connectivity index (χ0) is 13.9. The van der Waals surface area contributed by atoms with Crippen molar-refractivity contribution in [3.8, 4) is 0 Å². The van der Waals surface area contributed by atoms with Crippen LogP contribution >= 0.6 is 0 Å². The molecule has 1 N–H and O–H groups in total. The number of rotatable bonds is 3. The van der Waals surface area contributed by atoms with Crippen molar-refractivity contribution < 1.29 is 4.39 Å². The molecule has 3 nitrogen and oxygen atoms in total. The van der Waals surface area contributed by atoms with Crippen molar-refractivity contribution in [2.45, 2.75) is 51.1 Å². The Bertz CT molecular complexity index is 461. The van der Waals surface area contributed by atoms with E-state index in [1.807, 2.05) is 7.05 Å². The van der Waals surface area contributed by atoms with Gasteiger partial charge in [0.25, 0.3) is 0 Å². The monoisotopic (exact) mass is 277 g/mol. The van der Waals surface area contributed by atoms with Crippen molar-refractivity contribution >= 4 is 5.82 Å². The maximum Gasteiger partial charge on any atom is 0.141 e. The zero-order valence-electron chi connectivity index (χ0n) is 12.2. The first kappa shape index (κ1) is 13.8. The van der Waals surface area contributed by atoms with Crippen LogP contribution in [-0.4, -0.2) is 24.6 Å². The molecular weight excluding hydrogens is 253 g/mol. The molecule has 0 aromatic carbocycles. The van der Waals surface area contributed by atoms with Gasteiger partial charge in [-0.1, -0.05) is 12.8 Å². The van der Waals surface area contributed by atoms with Crippen LogP contribution < -0.4 is 10.2 Å². The van der Waals surface area contributed by atoms with E-state index < -0.39 is 0 Å². The van der Waals surface area contributed by atoms with Gasteiger partial charge in [-0.3, -0.25) is 0 Å². The number of aromatic nitrogens is 1. The van der Waals surface area contributed by atoms with Gasteiger partial charge in [-0.15, -0.1) is 0 Å². The molecule has 0 spiro atoms. The maximum absolute atomic E-state index is 13.5. The van der Waals surface area contributed by atoms with Gasteiger partial charge in [-0.2, -0.15) is 0 Å². The Hall–Kier alpha value is -1.16. The molecular formula is C16H24FN3. The Morgan fingerprint density at radius 2 is 2.10 bits per heavy atom. The first-order valence-electron chi connectivity index (χ1n) is 7.85. The highest BCUT2D eigenvalue weighted by atomic mass is 19.1. The number of hydrogen-bond acceptors (Lipinski definition) is 3. The molecule has 20 heavy (non-hydrogen) atoms. The molecule has 0 radical (unpaired) electrons. The summed E-state index contributed by atoms with van der Waals surface area (Å²) in [6.07, 6.45) is 9.26. The van der Waals surface area contributed by atoms with Gasteiger partial charge < -0.3 is 10.2 Å². The minimum Gasteiger partial charge on any atom is -0.353 e. The second kappa shape index (κ2) is 6.08. The summed E-state index contributed by atoms with van der Waals surface area (Å²) >= 11 is 0. The number of anilines is 1. The molecule has 4 heteroatoms. The van der Waals surface area contributed by atoms with E-state index in [4.69, 9.17) is 0 Å². The molecule has 1 saturated heterocycles. The molecule has 1 aliphatic carbocycles. The molecule has 2 heterocycles. The molecule has 2 aliphatic rings. The maximum atomic E-state index is 13.5. The first-order chi connectivity index (χ1) is 9.79. The summed E-state index contributed by atoms with van der Waals surface area (Å²) in [5.74, 6) is 1.57. The Morgan fingerprint density at radius 1 is 1.30 bits per heavy atom. The largest absolute Gasteiger partial charge is 0.353 e. The molecule has 1 aromatic heterocycles. The summed E-state index contributed by atoms with van der Waals surface area (Å²) in [6, 6.07) is 2.25. The lowest BCUT2D eigenvalue weighted by molar-refractivity contribution is 0.242. The molecule has 2 unspecified atom stereocenters. The van der Waals surface area contributed by atoms with Gasteiger partial charge in [0, 0.05) is 24.7 Å². The van der Waals surface area contributed by atoms with Crippen molar-refractivity contribution in [2.24, 2.45) is 5.92 Å². The highest BCUT2D eigenvalue weighted by Gasteiger charge is 2.34. The average molecular weight is 277 g/mol. The van der Waals surface area contributed by atoms with Crippen molar-refractivity contribution in [1.29, 1.82) is 0 Å². The van der Waals surface area contributed by atoms with Crippen LogP contribution in [0.5, 0.6) is 0 Å². The standard InChI is InChI=1S/C16H24FN3/c1-18-10-13-9-14(17)11-19-16(13)20-8-4-6-12-5-2-3-7-15(12)20/h9,11-12,15,18H,2-8,10H2,1H3. The quantitative estimate of drug-likeness (QED) is 0.920. The lowest BCUT2D eigenvalue weighted by Gasteiger charge is -2.45. The van der Waals surface area contributed by atoms with Crippen molar-refractivity contribution in [2.75, 3.05) is 18.5 Å². The molecule has 2 atom stereocenters. The van der Waals surface area contributed by atoms with E-state index >= 15 is 0 Å². The van der Waals surface area contributed by atoms with Crippen molar-refractivity contribution in [3.05, 3.63) is 23.6 Å². The van der Waals surface area contributed by atoms with E-state index in [1.54, 1.807) is 6.07 Å². The summed E-state index contributed by atoms with van der Waals surface area (Å²) < 4.78 is 13.5. The lowest BCUT2D eigenvalue weighted by atomic mass is 9.78. The number of halogens is 1. The average Bonchev–Trinajstić information content (AvgIpc) is 2.47. The fourth-order valence-electron chi connectivity index (χ4n) is 3.94. The van der Waals surface area contributed by atoms with E-state index in [0.29, 0.717) is 12.6 Å². The first-order valence-corrected chi connectivity index (χ1v) is 7.85. The number of hydrogen-bond donors (Lipinski definition) is 1. The van der Waals surface area contributed by atoms with Gasteiger partial charge in [-0.05, 0) is 44.7 Å². The minimum atomic E-state index is -0.240. The minimum absolute atomic E-state index is 0.240. The number of nitrogens with zero attached hydrogens (tertiary/aromatic N) is 2. The van der Waals surface area contributed by atoms with Gasteiger partial charge in [0.15, 0.2) is 0 Å². The Kier molecular flexibility index (Phi) is 4.20. The predicted molar refractivity (Wildman–Crippen MR) is 79.3 cm³/mol. The van der Waals surface area contributed by atoms with Crippen LogP contribution in [0, 0.1) is 11.7 Å². The Morgan fingerprint density at radius 3 is 2.95 bits per heavy atom. The fourth-order valence-corrected chi connectivity index (χ4v) is 3.94. The van der Waals surface area contributed by atoms with Gasteiger partial charge in [-0.25, -0.2) is 9.37 Å². The summed E-state index contributed by atoms with van der Waals surface area (Å²) in [5.41, 5.74) is 0.985. The number of piperidine rings is 1. The van der Waals surface area contributed by atoms with E-state index in [1.165, 1.54) is 44.7 Å². The topological polar surface area (TPSA) is 28.2 Å². The van der Waals surface area contributed by atoms with Crippen LogP contribution in [0.2, 0.25) is 0 Å². The van der Waals surface area contributed by atoms with Gasteiger partial charge in [0.2, 0.25) is 0 Å². The van der Waals surface area contributed by atoms with Crippen LogP contribution in [0.4, 0.5) is 10.2 Å². The number of fused-ring (bicyclic) bond motifs is 1. The molecule has 1 aliphatic heterocycles. The van der Waals surface area contributed by atoms with Crippen LogP contribution in [0.1, 0.15) is 44.1 Å². The van der Waals surface area contributed by atoms with Gasteiger partial charge >= 0.3 is 0 Å². The third kappa shape index (κ3) is 2.66. The second-order valence-corrected chi connectivity index (χ2v) is 6.11. The smallest absolute Gasteiger partial charge is 0.141 e. The predicted octanol–water partition coefficient (Wildman–Crippen LogP) is 3.10. The second-order valence-electron chi connectivity index (χ2n) is 6.11. The molecule has 0 bridgehead atoms. The van der Waals surface area contributed by atoms with Gasteiger partial charge in [0.1, 0.15) is 11.6 Å². The third-order valence-corrected chi connectivity index (χ3v) is 4.79. The highest BCUT2D eigenvalue weighted by molar-refractivity contribution is 5.48. The number of nitrogens with one attached hydrogen (secondary N) is 1.